The van der Waals surface area contributed by atoms with Crippen molar-refractivity contribution in [2.24, 2.45) is 5.92 Å². The maximum atomic E-state index is 4.19. The molecule has 1 heterocycles. The van der Waals surface area contributed by atoms with Gasteiger partial charge in [0.25, 0.3) is 0 Å². The lowest BCUT2D eigenvalue weighted by Gasteiger charge is -1.98. The standard InChI is InChI=1S/C7H9Br2N3/c8-6-10-7(9)12(11-6)4-3-5-1-2-5/h5H,1-4H2. The highest BCUT2D eigenvalue weighted by Gasteiger charge is 2.21. The van der Waals surface area contributed by atoms with Crippen LogP contribution in [0.1, 0.15) is 19.3 Å². The van der Waals surface area contributed by atoms with Crippen LogP contribution in [0.15, 0.2) is 9.47 Å². The summed E-state index contributed by atoms with van der Waals surface area (Å²) in [5.74, 6) is 0.944. The average Bonchev–Trinajstić information content (AvgIpc) is 2.76. The van der Waals surface area contributed by atoms with Crippen molar-refractivity contribution in [3.63, 3.8) is 0 Å². The first-order valence-corrected chi connectivity index (χ1v) is 5.60. The van der Waals surface area contributed by atoms with Crippen molar-refractivity contribution in [1.29, 1.82) is 0 Å². The lowest BCUT2D eigenvalue weighted by atomic mass is 10.3. The molecule has 1 fully saturated rings. The van der Waals surface area contributed by atoms with E-state index in [-0.39, 0.29) is 0 Å². The molecule has 1 aliphatic rings. The quantitative estimate of drug-likeness (QED) is 0.858. The molecule has 0 amide bonds. The Balaban J connectivity index is 1.96. The van der Waals surface area contributed by atoms with Gasteiger partial charge in [0.2, 0.25) is 4.73 Å². The largest absolute Gasteiger partial charge is 0.239 e. The molecule has 2 rings (SSSR count). The Morgan fingerprint density at radius 2 is 2.17 bits per heavy atom. The first-order chi connectivity index (χ1) is 5.75. The number of aryl methyl sites for hydroxylation is 1. The zero-order chi connectivity index (χ0) is 8.55. The van der Waals surface area contributed by atoms with Gasteiger partial charge < -0.3 is 0 Å². The molecular formula is C7H9Br2N3. The van der Waals surface area contributed by atoms with Crippen molar-refractivity contribution in [2.45, 2.75) is 25.8 Å². The number of hydrogen-bond donors (Lipinski definition) is 0. The van der Waals surface area contributed by atoms with E-state index in [9.17, 15) is 0 Å². The number of nitrogens with zero attached hydrogens (tertiary/aromatic N) is 3. The fourth-order valence-electron chi connectivity index (χ4n) is 1.15. The van der Waals surface area contributed by atoms with Crippen LogP contribution in [-0.4, -0.2) is 14.8 Å². The average molecular weight is 295 g/mol. The van der Waals surface area contributed by atoms with Gasteiger partial charge in [0, 0.05) is 6.54 Å². The maximum Gasteiger partial charge on any atom is 0.218 e. The van der Waals surface area contributed by atoms with Crippen LogP contribution in [0.2, 0.25) is 0 Å². The molecule has 1 saturated carbocycles. The van der Waals surface area contributed by atoms with Crippen molar-refractivity contribution < 1.29 is 0 Å². The van der Waals surface area contributed by atoms with Gasteiger partial charge in [0.05, 0.1) is 0 Å². The van der Waals surface area contributed by atoms with Crippen LogP contribution < -0.4 is 0 Å². The Bertz CT molecular complexity index is 280. The molecule has 12 heavy (non-hydrogen) atoms. The maximum absolute atomic E-state index is 4.19. The lowest BCUT2D eigenvalue weighted by Crippen LogP contribution is -2.01. The van der Waals surface area contributed by atoms with E-state index in [0.29, 0.717) is 4.73 Å². The summed E-state index contributed by atoms with van der Waals surface area (Å²) in [5, 5.41) is 4.19. The summed E-state index contributed by atoms with van der Waals surface area (Å²) in [5.41, 5.74) is 0. The number of halogens is 2. The van der Waals surface area contributed by atoms with Crippen LogP contribution in [0.5, 0.6) is 0 Å². The second-order valence-electron chi connectivity index (χ2n) is 3.11. The monoisotopic (exact) mass is 293 g/mol. The number of hydrogen-bond acceptors (Lipinski definition) is 2. The molecule has 0 aromatic carbocycles. The van der Waals surface area contributed by atoms with E-state index in [0.717, 1.165) is 17.2 Å². The van der Waals surface area contributed by atoms with E-state index in [4.69, 9.17) is 0 Å². The smallest absolute Gasteiger partial charge is 0.218 e. The van der Waals surface area contributed by atoms with Crippen molar-refractivity contribution in [1.82, 2.24) is 14.8 Å². The summed E-state index contributed by atoms with van der Waals surface area (Å²) in [7, 11) is 0. The van der Waals surface area contributed by atoms with E-state index in [1.165, 1.54) is 19.3 Å². The molecule has 1 aromatic heterocycles. The second kappa shape index (κ2) is 3.46. The molecular weight excluding hydrogens is 286 g/mol. The van der Waals surface area contributed by atoms with Crippen molar-refractivity contribution >= 4 is 31.9 Å². The molecule has 0 atom stereocenters. The first-order valence-electron chi connectivity index (χ1n) is 4.01. The topological polar surface area (TPSA) is 30.7 Å². The molecule has 0 aliphatic heterocycles. The molecule has 3 nitrogen and oxygen atoms in total. The lowest BCUT2D eigenvalue weighted by molar-refractivity contribution is 0.534. The number of aromatic nitrogens is 3. The molecule has 1 aromatic rings. The fourth-order valence-corrected chi connectivity index (χ4v) is 2.17. The van der Waals surface area contributed by atoms with E-state index in [1.807, 2.05) is 4.68 Å². The fraction of sp³-hybridized carbons (Fsp3) is 0.714. The third kappa shape index (κ3) is 2.07. The second-order valence-corrected chi connectivity index (χ2v) is 4.52. The van der Waals surface area contributed by atoms with Gasteiger partial charge in [0.1, 0.15) is 0 Å². The summed E-state index contributed by atoms with van der Waals surface area (Å²) in [4.78, 5) is 4.09. The molecule has 0 N–H and O–H groups in total. The summed E-state index contributed by atoms with van der Waals surface area (Å²) >= 11 is 6.58. The predicted octanol–water partition coefficient (Wildman–Crippen LogP) is 2.60. The van der Waals surface area contributed by atoms with Gasteiger partial charge >= 0.3 is 0 Å². The third-order valence-electron chi connectivity index (χ3n) is 2.05. The van der Waals surface area contributed by atoms with Crippen molar-refractivity contribution in [2.75, 3.05) is 0 Å². The summed E-state index contributed by atoms with van der Waals surface area (Å²) in [6.45, 7) is 0.976. The van der Waals surface area contributed by atoms with Crippen LogP contribution in [0.4, 0.5) is 0 Å². The van der Waals surface area contributed by atoms with Gasteiger partial charge in [-0.15, -0.1) is 5.10 Å². The number of rotatable bonds is 3. The normalized spacial score (nSPS) is 16.8. The Kier molecular flexibility index (Phi) is 2.50. The molecule has 5 heteroatoms. The zero-order valence-corrected chi connectivity index (χ0v) is 9.68. The molecule has 1 aliphatic carbocycles. The minimum absolute atomic E-state index is 0.658. The Hall–Kier alpha value is 0.1000. The molecule has 0 radical (unpaired) electrons. The highest BCUT2D eigenvalue weighted by Crippen LogP contribution is 2.32. The van der Waals surface area contributed by atoms with Gasteiger partial charge in [-0.1, -0.05) is 12.8 Å². The van der Waals surface area contributed by atoms with Gasteiger partial charge in [0.15, 0.2) is 4.73 Å². The molecule has 0 saturated heterocycles. The van der Waals surface area contributed by atoms with Gasteiger partial charge in [-0.25, -0.2) is 4.68 Å². The van der Waals surface area contributed by atoms with E-state index < -0.39 is 0 Å². The predicted molar refractivity (Wildman–Crippen MR) is 52.8 cm³/mol. The van der Waals surface area contributed by atoms with Crippen LogP contribution in [0, 0.1) is 5.92 Å². The third-order valence-corrected chi connectivity index (χ3v) is 2.97. The molecule has 66 valence electrons. The van der Waals surface area contributed by atoms with Crippen LogP contribution in [-0.2, 0) is 6.54 Å². The van der Waals surface area contributed by atoms with Crippen molar-refractivity contribution in [3.8, 4) is 0 Å². The molecule has 0 bridgehead atoms. The van der Waals surface area contributed by atoms with E-state index in [1.54, 1.807) is 0 Å². The summed E-state index contributed by atoms with van der Waals surface area (Å²) < 4.78 is 3.36. The summed E-state index contributed by atoms with van der Waals surface area (Å²) in [6, 6.07) is 0. The first kappa shape index (κ1) is 8.69. The van der Waals surface area contributed by atoms with E-state index in [2.05, 4.69) is 41.9 Å². The molecule has 0 unspecified atom stereocenters. The van der Waals surface area contributed by atoms with Crippen molar-refractivity contribution in [3.05, 3.63) is 9.47 Å². The minimum Gasteiger partial charge on any atom is -0.239 e. The minimum atomic E-state index is 0.658. The Morgan fingerprint density at radius 1 is 1.42 bits per heavy atom. The highest BCUT2D eigenvalue weighted by molar-refractivity contribution is 9.11. The SMILES string of the molecule is Brc1nc(Br)n(CCC2CC2)n1. The zero-order valence-electron chi connectivity index (χ0n) is 6.50. The van der Waals surface area contributed by atoms with Gasteiger partial charge in [-0.05, 0) is 44.2 Å². The van der Waals surface area contributed by atoms with Crippen LogP contribution >= 0.6 is 31.9 Å². The van der Waals surface area contributed by atoms with E-state index >= 15 is 0 Å². The van der Waals surface area contributed by atoms with Gasteiger partial charge in [-0.3, -0.25) is 0 Å². The van der Waals surface area contributed by atoms with Gasteiger partial charge in [-0.2, -0.15) is 4.98 Å². The molecule has 0 spiro atoms. The Morgan fingerprint density at radius 3 is 2.67 bits per heavy atom. The van der Waals surface area contributed by atoms with Crippen LogP contribution in [0.3, 0.4) is 0 Å². The Labute approximate surface area is 87.8 Å². The summed E-state index contributed by atoms with van der Waals surface area (Å²) in [6.07, 6.45) is 4.02. The van der Waals surface area contributed by atoms with Crippen LogP contribution in [0.25, 0.3) is 0 Å². The highest BCUT2D eigenvalue weighted by atomic mass is 79.9.